The highest BCUT2D eigenvalue weighted by molar-refractivity contribution is 5.95. The van der Waals surface area contributed by atoms with Crippen molar-refractivity contribution in [3.05, 3.63) is 27.4 Å². The van der Waals surface area contributed by atoms with Crippen molar-refractivity contribution in [2.45, 2.75) is 65.2 Å². The third-order valence-corrected chi connectivity index (χ3v) is 5.41. The van der Waals surface area contributed by atoms with E-state index in [1.807, 2.05) is 25.7 Å². The number of H-pyrrole nitrogens is 1. The molecule has 3 rings (SSSR count). The molecule has 2 aliphatic rings. The Hall–Kier alpha value is -1.65. The van der Waals surface area contributed by atoms with Crippen molar-refractivity contribution in [1.29, 1.82) is 0 Å². The fourth-order valence-corrected chi connectivity index (χ4v) is 3.99. The first-order chi connectivity index (χ1) is 10.7. The molecule has 1 saturated heterocycles. The summed E-state index contributed by atoms with van der Waals surface area (Å²) in [5.74, 6) is 0.478. The molecular formula is C18H27N3O2. The largest absolute Gasteiger partial charge is 0.338 e. The Kier molecular flexibility index (Phi) is 3.85. The summed E-state index contributed by atoms with van der Waals surface area (Å²) in [6.45, 7) is 9.31. The molecule has 0 aromatic carbocycles. The molecule has 0 bridgehead atoms. The van der Waals surface area contributed by atoms with E-state index in [-0.39, 0.29) is 22.4 Å². The summed E-state index contributed by atoms with van der Waals surface area (Å²) in [6.07, 6.45) is 6.04. The molecule has 1 aliphatic heterocycles. The van der Waals surface area contributed by atoms with Gasteiger partial charge in [-0.1, -0.05) is 33.6 Å². The predicted molar refractivity (Wildman–Crippen MR) is 89.7 cm³/mol. The Bertz CT molecular complexity index is 678. The molecule has 0 radical (unpaired) electrons. The summed E-state index contributed by atoms with van der Waals surface area (Å²) < 4.78 is 0. The zero-order valence-electron chi connectivity index (χ0n) is 14.7. The second-order valence-corrected chi connectivity index (χ2v) is 8.31. The van der Waals surface area contributed by atoms with Gasteiger partial charge in [0, 0.05) is 18.5 Å². The van der Waals surface area contributed by atoms with Crippen LogP contribution in [0.1, 0.15) is 74.8 Å². The lowest BCUT2D eigenvalue weighted by Crippen LogP contribution is -2.37. The van der Waals surface area contributed by atoms with Crippen molar-refractivity contribution >= 4 is 5.91 Å². The molecule has 1 amide bonds. The number of aromatic amines is 1. The van der Waals surface area contributed by atoms with Gasteiger partial charge in [-0.05, 0) is 31.6 Å². The average Bonchev–Trinajstić information content (AvgIpc) is 3.07. The normalized spacial score (nSPS) is 20.4. The number of hydrogen-bond donors (Lipinski definition) is 1. The topological polar surface area (TPSA) is 66.1 Å². The maximum Gasteiger partial charge on any atom is 0.264 e. The number of aryl methyl sites for hydroxylation is 1. The quantitative estimate of drug-likeness (QED) is 0.866. The molecule has 1 aliphatic carbocycles. The first-order valence-corrected chi connectivity index (χ1v) is 8.63. The van der Waals surface area contributed by atoms with Gasteiger partial charge in [0.05, 0.1) is 5.69 Å². The minimum absolute atomic E-state index is 0.152. The second-order valence-electron chi connectivity index (χ2n) is 8.31. The summed E-state index contributed by atoms with van der Waals surface area (Å²) >= 11 is 0. The van der Waals surface area contributed by atoms with Gasteiger partial charge in [0.1, 0.15) is 11.4 Å². The number of carbonyl (C=O) groups is 1. The minimum atomic E-state index is -0.306. The van der Waals surface area contributed by atoms with Crippen LogP contribution in [0.25, 0.3) is 0 Å². The number of nitrogens with one attached hydrogen (secondary N) is 1. The van der Waals surface area contributed by atoms with Crippen LogP contribution in [0.5, 0.6) is 0 Å². The van der Waals surface area contributed by atoms with Gasteiger partial charge >= 0.3 is 0 Å². The van der Waals surface area contributed by atoms with Crippen molar-refractivity contribution < 1.29 is 4.79 Å². The van der Waals surface area contributed by atoms with Crippen LogP contribution in [0.4, 0.5) is 0 Å². The summed E-state index contributed by atoms with van der Waals surface area (Å²) in [7, 11) is 0. The van der Waals surface area contributed by atoms with Crippen molar-refractivity contribution in [1.82, 2.24) is 14.9 Å². The van der Waals surface area contributed by atoms with E-state index in [0.717, 1.165) is 19.5 Å². The van der Waals surface area contributed by atoms with E-state index in [4.69, 9.17) is 0 Å². The number of nitrogens with zero attached hydrogens (tertiary/aromatic N) is 2. The van der Waals surface area contributed by atoms with Crippen LogP contribution >= 0.6 is 0 Å². The lowest BCUT2D eigenvalue weighted by atomic mass is 9.86. The van der Waals surface area contributed by atoms with E-state index in [0.29, 0.717) is 16.9 Å². The summed E-state index contributed by atoms with van der Waals surface area (Å²) in [4.78, 5) is 34.5. The van der Waals surface area contributed by atoms with Gasteiger partial charge in [-0.3, -0.25) is 9.59 Å². The van der Waals surface area contributed by atoms with Gasteiger partial charge in [-0.15, -0.1) is 0 Å². The van der Waals surface area contributed by atoms with Gasteiger partial charge in [0.25, 0.3) is 11.5 Å². The zero-order valence-corrected chi connectivity index (χ0v) is 14.7. The highest BCUT2D eigenvalue weighted by Gasteiger charge is 2.42. The van der Waals surface area contributed by atoms with Gasteiger partial charge in [0.2, 0.25) is 0 Å². The fraction of sp³-hybridized carbons (Fsp3) is 0.722. The molecule has 1 N–H and O–H groups in total. The highest BCUT2D eigenvalue weighted by atomic mass is 16.2. The SMILES string of the molecule is Cc1nc(C(C)(C)C)[nH]c(=O)c1C(=O)N1CCC2(CCCC2)C1. The van der Waals surface area contributed by atoms with Crippen molar-refractivity contribution in [2.75, 3.05) is 13.1 Å². The minimum Gasteiger partial charge on any atom is -0.338 e. The number of rotatable bonds is 1. The Labute approximate surface area is 137 Å². The van der Waals surface area contributed by atoms with Gasteiger partial charge in [0.15, 0.2) is 0 Å². The van der Waals surface area contributed by atoms with Crippen molar-refractivity contribution in [3.63, 3.8) is 0 Å². The molecule has 1 spiro atoms. The molecule has 5 nitrogen and oxygen atoms in total. The van der Waals surface area contributed by atoms with Crippen LogP contribution in [0.15, 0.2) is 4.79 Å². The standard InChI is InChI=1S/C18H27N3O2/c1-12-13(14(22)20-16(19-12)17(2,3)4)15(23)21-10-9-18(11-21)7-5-6-8-18/h5-11H2,1-4H3,(H,19,20,22). The molecule has 23 heavy (non-hydrogen) atoms. The summed E-state index contributed by atoms with van der Waals surface area (Å²) in [5, 5.41) is 0. The molecule has 2 heterocycles. The van der Waals surface area contributed by atoms with E-state index in [9.17, 15) is 9.59 Å². The fourth-order valence-electron chi connectivity index (χ4n) is 3.99. The smallest absolute Gasteiger partial charge is 0.264 e. The van der Waals surface area contributed by atoms with Crippen LogP contribution in [0.2, 0.25) is 0 Å². The lowest BCUT2D eigenvalue weighted by molar-refractivity contribution is 0.0770. The molecule has 0 atom stereocenters. The molecular weight excluding hydrogens is 290 g/mol. The molecule has 1 saturated carbocycles. The van der Waals surface area contributed by atoms with E-state index in [2.05, 4.69) is 9.97 Å². The molecule has 5 heteroatoms. The van der Waals surface area contributed by atoms with Crippen LogP contribution in [0.3, 0.4) is 0 Å². The Morgan fingerprint density at radius 1 is 1.22 bits per heavy atom. The lowest BCUT2D eigenvalue weighted by Gasteiger charge is -2.24. The number of carbonyl (C=O) groups excluding carboxylic acids is 1. The van der Waals surface area contributed by atoms with Crippen LogP contribution in [-0.4, -0.2) is 33.9 Å². The first-order valence-electron chi connectivity index (χ1n) is 8.63. The first kappa shape index (κ1) is 16.2. The number of hydrogen-bond acceptors (Lipinski definition) is 3. The Morgan fingerprint density at radius 2 is 1.87 bits per heavy atom. The third kappa shape index (κ3) is 2.93. The summed E-state index contributed by atoms with van der Waals surface area (Å²) in [6, 6.07) is 0. The molecule has 1 aromatic rings. The van der Waals surface area contributed by atoms with Crippen LogP contribution in [-0.2, 0) is 5.41 Å². The molecule has 1 aromatic heterocycles. The number of amides is 1. The second kappa shape index (κ2) is 5.46. The number of aromatic nitrogens is 2. The Morgan fingerprint density at radius 3 is 2.43 bits per heavy atom. The maximum absolute atomic E-state index is 12.9. The van der Waals surface area contributed by atoms with Crippen LogP contribution < -0.4 is 5.56 Å². The summed E-state index contributed by atoms with van der Waals surface area (Å²) in [5.41, 5.74) is 0.520. The Balaban J connectivity index is 1.87. The monoisotopic (exact) mass is 317 g/mol. The van der Waals surface area contributed by atoms with Crippen molar-refractivity contribution in [2.24, 2.45) is 5.41 Å². The predicted octanol–water partition coefficient (Wildman–Crippen LogP) is 2.78. The molecule has 0 unspecified atom stereocenters. The van der Waals surface area contributed by atoms with Crippen LogP contribution in [0, 0.1) is 12.3 Å². The highest BCUT2D eigenvalue weighted by Crippen LogP contribution is 2.45. The van der Waals surface area contributed by atoms with Gasteiger partial charge in [-0.2, -0.15) is 0 Å². The van der Waals surface area contributed by atoms with Crippen molar-refractivity contribution in [3.8, 4) is 0 Å². The van der Waals surface area contributed by atoms with Gasteiger partial charge < -0.3 is 9.88 Å². The molecule has 2 fully saturated rings. The maximum atomic E-state index is 12.9. The molecule has 126 valence electrons. The number of likely N-dealkylation sites (tertiary alicyclic amines) is 1. The van der Waals surface area contributed by atoms with E-state index < -0.39 is 0 Å². The van der Waals surface area contributed by atoms with E-state index in [1.54, 1.807) is 6.92 Å². The van der Waals surface area contributed by atoms with E-state index in [1.165, 1.54) is 25.7 Å². The average molecular weight is 317 g/mol. The third-order valence-electron chi connectivity index (χ3n) is 5.41. The van der Waals surface area contributed by atoms with Gasteiger partial charge in [-0.25, -0.2) is 4.98 Å². The zero-order chi connectivity index (χ0) is 16.8. The van der Waals surface area contributed by atoms with E-state index >= 15 is 0 Å².